The van der Waals surface area contributed by atoms with Crippen molar-refractivity contribution in [1.82, 2.24) is 0 Å². The first kappa shape index (κ1) is 19.1. The molecule has 0 aliphatic rings. The third kappa shape index (κ3) is 5.11. The number of ether oxygens (including phenoxy) is 1. The third-order valence-corrected chi connectivity index (χ3v) is 5.92. The number of nitrogens with zero attached hydrogens (tertiary/aromatic N) is 1. The Morgan fingerprint density at radius 3 is 2.60 bits per heavy atom. The molecule has 1 atom stereocenters. The van der Waals surface area contributed by atoms with E-state index in [9.17, 15) is 13.8 Å². The molecular weight excluding hydrogens is 358 g/mol. The van der Waals surface area contributed by atoms with Crippen LogP contribution in [0.15, 0.2) is 51.7 Å². The summed E-state index contributed by atoms with van der Waals surface area (Å²) in [5.74, 6) is -1.04. The fourth-order valence-electron chi connectivity index (χ4n) is 2.10. The molecule has 1 aromatic carbocycles. The second kappa shape index (κ2) is 8.22. The Morgan fingerprint density at radius 1 is 1.28 bits per heavy atom. The number of amides is 1. The van der Waals surface area contributed by atoms with Crippen LogP contribution < -0.4 is 0 Å². The zero-order valence-electron chi connectivity index (χ0n) is 14.2. The van der Waals surface area contributed by atoms with Gasteiger partial charge in [0, 0.05) is 22.1 Å². The number of esters is 1. The standard InChI is InChI=1S/C18H19NO4S2/c1-4-23-16(20)11-10-14-12-13(2)24-17(14)18(21)19-25(3,22)15-8-6-5-7-9-15/h5-12H,4H2,1-3H3/b11-10+. The largest absolute Gasteiger partial charge is 0.463 e. The van der Waals surface area contributed by atoms with E-state index >= 15 is 0 Å². The van der Waals surface area contributed by atoms with Gasteiger partial charge in [0.25, 0.3) is 5.91 Å². The summed E-state index contributed by atoms with van der Waals surface area (Å²) in [5, 5.41) is 0. The Labute approximate surface area is 151 Å². The number of hydrogen-bond donors (Lipinski definition) is 0. The second-order valence-corrected chi connectivity index (χ2v) is 8.75. The maximum absolute atomic E-state index is 12.8. The molecule has 1 amide bonds. The third-order valence-electron chi connectivity index (χ3n) is 3.20. The molecule has 0 saturated carbocycles. The van der Waals surface area contributed by atoms with Crippen molar-refractivity contribution in [2.75, 3.05) is 12.9 Å². The van der Waals surface area contributed by atoms with E-state index in [1.165, 1.54) is 29.7 Å². The van der Waals surface area contributed by atoms with Gasteiger partial charge in [0.2, 0.25) is 0 Å². The van der Waals surface area contributed by atoms with Crippen molar-refractivity contribution < 1.29 is 18.5 Å². The summed E-state index contributed by atoms with van der Waals surface area (Å²) in [6.45, 7) is 3.85. The molecule has 0 saturated heterocycles. The van der Waals surface area contributed by atoms with Crippen molar-refractivity contribution >= 4 is 39.0 Å². The van der Waals surface area contributed by atoms with E-state index < -0.39 is 21.6 Å². The van der Waals surface area contributed by atoms with Crippen LogP contribution in [0.1, 0.15) is 27.0 Å². The predicted octanol–water partition coefficient (Wildman–Crippen LogP) is 3.93. The smallest absolute Gasteiger partial charge is 0.330 e. The van der Waals surface area contributed by atoms with Gasteiger partial charge in [-0.1, -0.05) is 18.2 Å². The first-order valence-electron chi connectivity index (χ1n) is 7.60. The lowest BCUT2D eigenvalue weighted by Gasteiger charge is -2.03. The average molecular weight is 377 g/mol. The van der Waals surface area contributed by atoms with Crippen molar-refractivity contribution in [2.45, 2.75) is 18.7 Å². The number of aryl methyl sites for hydroxylation is 1. The highest BCUT2D eigenvalue weighted by atomic mass is 32.2. The normalized spacial score (nSPS) is 13.4. The molecule has 0 spiro atoms. The highest BCUT2D eigenvalue weighted by Crippen LogP contribution is 2.25. The molecule has 0 fully saturated rings. The average Bonchev–Trinajstić information content (AvgIpc) is 2.95. The number of thiophene rings is 1. The van der Waals surface area contributed by atoms with Gasteiger partial charge in [-0.15, -0.1) is 11.3 Å². The second-order valence-electron chi connectivity index (χ2n) is 5.24. The zero-order valence-corrected chi connectivity index (χ0v) is 15.9. The molecule has 5 nitrogen and oxygen atoms in total. The van der Waals surface area contributed by atoms with E-state index in [0.29, 0.717) is 15.3 Å². The molecular formula is C18H19NO4S2. The van der Waals surface area contributed by atoms with Crippen LogP contribution >= 0.6 is 11.3 Å². The Kier molecular flexibility index (Phi) is 6.27. The van der Waals surface area contributed by atoms with Gasteiger partial charge >= 0.3 is 5.97 Å². The summed E-state index contributed by atoms with van der Waals surface area (Å²) in [6, 6.07) is 10.5. The summed E-state index contributed by atoms with van der Waals surface area (Å²) in [7, 11) is -2.84. The summed E-state index contributed by atoms with van der Waals surface area (Å²) in [5.41, 5.74) is 0.563. The summed E-state index contributed by atoms with van der Waals surface area (Å²) >= 11 is 1.25. The summed E-state index contributed by atoms with van der Waals surface area (Å²) < 4.78 is 21.5. The fourth-order valence-corrected chi connectivity index (χ4v) is 4.22. The number of carbonyl (C=O) groups is 2. The monoisotopic (exact) mass is 377 g/mol. The van der Waals surface area contributed by atoms with Crippen LogP contribution in [0.3, 0.4) is 0 Å². The van der Waals surface area contributed by atoms with Crippen LogP contribution in [0, 0.1) is 6.92 Å². The lowest BCUT2D eigenvalue weighted by molar-refractivity contribution is -0.137. The number of benzene rings is 1. The minimum Gasteiger partial charge on any atom is -0.463 e. The molecule has 0 aliphatic carbocycles. The highest BCUT2D eigenvalue weighted by Gasteiger charge is 2.16. The molecule has 132 valence electrons. The lowest BCUT2D eigenvalue weighted by Crippen LogP contribution is -2.03. The molecule has 2 aromatic rings. The van der Waals surface area contributed by atoms with Crippen molar-refractivity contribution in [3.8, 4) is 0 Å². The molecule has 0 N–H and O–H groups in total. The van der Waals surface area contributed by atoms with Gasteiger partial charge in [-0.3, -0.25) is 4.79 Å². The maximum Gasteiger partial charge on any atom is 0.330 e. The van der Waals surface area contributed by atoms with Crippen LogP contribution in [0.5, 0.6) is 0 Å². The molecule has 25 heavy (non-hydrogen) atoms. The van der Waals surface area contributed by atoms with Gasteiger partial charge in [0.05, 0.1) is 16.3 Å². The van der Waals surface area contributed by atoms with Gasteiger partial charge in [-0.05, 0) is 43.7 Å². The molecule has 1 unspecified atom stereocenters. The molecule has 0 radical (unpaired) electrons. The van der Waals surface area contributed by atoms with Gasteiger partial charge in [0.15, 0.2) is 0 Å². The van der Waals surface area contributed by atoms with E-state index in [1.54, 1.807) is 37.3 Å². The minimum absolute atomic E-state index is 0.280. The molecule has 2 rings (SSSR count). The highest BCUT2D eigenvalue weighted by molar-refractivity contribution is 7.93. The Hall–Kier alpha value is -2.25. The van der Waals surface area contributed by atoms with Crippen molar-refractivity contribution in [1.29, 1.82) is 0 Å². The van der Waals surface area contributed by atoms with Gasteiger partial charge < -0.3 is 4.74 Å². The van der Waals surface area contributed by atoms with Crippen molar-refractivity contribution in [2.24, 2.45) is 4.36 Å². The van der Waals surface area contributed by atoms with Crippen LogP contribution in [-0.4, -0.2) is 28.9 Å². The van der Waals surface area contributed by atoms with Gasteiger partial charge in [0.1, 0.15) is 4.88 Å². The Balaban J connectivity index is 2.36. The quantitative estimate of drug-likeness (QED) is 0.584. The Morgan fingerprint density at radius 2 is 1.96 bits per heavy atom. The van der Waals surface area contributed by atoms with E-state index in [-0.39, 0.29) is 6.61 Å². The topological polar surface area (TPSA) is 72.8 Å². The molecule has 1 aromatic heterocycles. The molecule has 0 bridgehead atoms. The van der Waals surface area contributed by atoms with Crippen LogP contribution in [0.25, 0.3) is 6.08 Å². The SMILES string of the molecule is CCOC(=O)/C=C/c1cc(C)sc1C(=O)N=S(C)(=O)c1ccccc1. The van der Waals surface area contributed by atoms with Crippen LogP contribution in [0.4, 0.5) is 0 Å². The number of hydrogen-bond acceptors (Lipinski definition) is 5. The zero-order chi connectivity index (χ0) is 18.4. The van der Waals surface area contributed by atoms with Gasteiger partial charge in [-0.25, -0.2) is 9.00 Å². The van der Waals surface area contributed by atoms with Crippen molar-refractivity contribution in [3.05, 3.63) is 57.8 Å². The summed E-state index contributed by atoms with van der Waals surface area (Å²) in [6.07, 6.45) is 4.22. The van der Waals surface area contributed by atoms with E-state index in [4.69, 9.17) is 4.74 Å². The number of rotatable bonds is 5. The lowest BCUT2D eigenvalue weighted by atomic mass is 10.2. The van der Waals surface area contributed by atoms with E-state index in [0.717, 1.165) is 4.88 Å². The van der Waals surface area contributed by atoms with Crippen LogP contribution in [-0.2, 0) is 19.3 Å². The minimum atomic E-state index is -2.84. The predicted molar refractivity (Wildman–Crippen MR) is 100 cm³/mol. The molecule has 7 heteroatoms. The summed E-state index contributed by atoms with van der Waals surface area (Å²) in [4.78, 5) is 25.8. The van der Waals surface area contributed by atoms with Gasteiger partial charge in [-0.2, -0.15) is 4.36 Å². The fraction of sp³-hybridized carbons (Fsp3) is 0.222. The Bertz CT molecular complexity index is 920. The first-order valence-corrected chi connectivity index (χ1v) is 10.3. The maximum atomic E-state index is 12.8. The van der Waals surface area contributed by atoms with E-state index in [1.807, 2.05) is 13.0 Å². The molecule has 1 heterocycles. The first-order chi connectivity index (χ1) is 11.8. The van der Waals surface area contributed by atoms with Crippen molar-refractivity contribution in [3.63, 3.8) is 0 Å². The van der Waals surface area contributed by atoms with E-state index in [2.05, 4.69) is 4.36 Å². The van der Waals surface area contributed by atoms with Crippen LogP contribution in [0.2, 0.25) is 0 Å². The molecule has 0 aliphatic heterocycles. The number of carbonyl (C=O) groups excluding carboxylic acids is 2.